The molecule has 192 valence electrons. The highest BCUT2D eigenvalue weighted by atomic mass is 32.2. The lowest BCUT2D eigenvalue weighted by atomic mass is 10.1. The lowest BCUT2D eigenvalue weighted by Crippen LogP contribution is -2.51. The number of β-amino-alcohol motifs (C(OH)–C–C–N with tert-alkyl or cyclic N) is 1. The van der Waals surface area contributed by atoms with E-state index in [9.17, 15) is 13.2 Å². The van der Waals surface area contributed by atoms with Crippen LogP contribution < -0.4 is 15.5 Å². The van der Waals surface area contributed by atoms with Crippen molar-refractivity contribution in [3.63, 3.8) is 0 Å². The molecule has 1 unspecified atom stereocenters. The molecule has 0 radical (unpaired) electrons. The number of piperazine rings is 1. The highest BCUT2D eigenvalue weighted by Gasteiger charge is 2.40. The Morgan fingerprint density at radius 1 is 1.20 bits per heavy atom. The average molecular weight is 507 g/mol. The number of nitrogens with one attached hydrogen (secondary N) is 2. The molecule has 1 amide bonds. The number of aliphatic hydroxyl groups excluding tert-OH is 1. The van der Waals surface area contributed by atoms with Gasteiger partial charge in [0.25, 0.3) is 5.91 Å². The Kier molecular flexibility index (Phi) is 7.77. The molecule has 0 aliphatic carbocycles. The standard InChI is InChI=1S/C23H34N6O5S/c1-4-6-18-20-21(27(3)26-18)23(31)25-22(24-20)17-15-16(7-8-19(17)34-5-2)35(32,33)29-11-9-28(10-12-29)13-14-30/h7-8,15,21,26,30H,4-6,9-14H2,1-3H3,(H,24,25,31). The van der Waals surface area contributed by atoms with Crippen molar-refractivity contribution in [2.24, 2.45) is 4.99 Å². The number of ether oxygens (including phenoxy) is 1. The molecule has 11 nitrogen and oxygen atoms in total. The molecule has 0 aromatic heterocycles. The highest BCUT2D eigenvalue weighted by molar-refractivity contribution is 7.89. The van der Waals surface area contributed by atoms with E-state index in [4.69, 9.17) is 14.8 Å². The number of amidine groups is 1. The van der Waals surface area contributed by atoms with Gasteiger partial charge in [-0.1, -0.05) is 13.3 Å². The average Bonchev–Trinajstić information content (AvgIpc) is 3.15. The quantitative estimate of drug-likeness (QED) is 0.430. The van der Waals surface area contributed by atoms with Gasteiger partial charge in [-0.15, -0.1) is 0 Å². The summed E-state index contributed by atoms with van der Waals surface area (Å²) in [4.78, 5) is 19.9. The molecular weight excluding hydrogens is 472 g/mol. The number of hydrogen-bond acceptors (Lipinski definition) is 9. The van der Waals surface area contributed by atoms with Crippen molar-refractivity contribution >= 4 is 21.8 Å². The highest BCUT2D eigenvalue weighted by Crippen LogP contribution is 2.31. The van der Waals surface area contributed by atoms with E-state index >= 15 is 0 Å². The Bertz CT molecular complexity index is 1130. The van der Waals surface area contributed by atoms with Gasteiger partial charge in [0.15, 0.2) is 6.04 Å². The number of hydrogen-bond donors (Lipinski definition) is 3. The van der Waals surface area contributed by atoms with Gasteiger partial charge in [0.1, 0.15) is 11.6 Å². The predicted octanol–water partition coefficient (Wildman–Crippen LogP) is 0.0906. The molecule has 12 heteroatoms. The fraction of sp³-hybridized carbons (Fsp3) is 0.565. The third-order valence-corrected chi connectivity index (χ3v) is 8.27. The molecule has 0 saturated carbocycles. The first-order valence-corrected chi connectivity index (χ1v) is 13.5. The molecule has 1 aromatic rings. The minimum atomic E-state index is -3.76. The van der Waals surface area contributed by atoms with Crippen molar-refractivity contribution < 1.29 is 23.1 Å². The first-order valence-electron chi connectivity index (χ1n) is 12.0. The van der Waals surface area contributed by atoms with Crippen LogP contribution in [0.5, 0.6) is 5.75 Å². The second-order valence-electron chi connectivity index (χ2n) is 8.75. The maximum Gasteiger partial charge on any atom is 0.251 e. The number of aliphatic hydroxyl groups is 1. The number of amides is 1. The summed E-state index contributed by atoms with van der Waals surface area (Å²) in [6.07, 6.45) is 1.64. The zero-order valence-electron chi connectivity index (χ0n) is 20.5. The number of hydrazine groups is 1. The molecule has 1 saturated heterocycles. The molecule has 1 atom stereocenters. The van der Waals surface area contributed by atoms with Crippen molar-refractivity contribution in [2.45, 2.75) is 37.6 Å². The number of benzene rings is 1. The van der Waals surface area contributed by atoms with E-state index in [2.05, 4.69) is 17.7 Å². The van der Waals surface area contributed by atoms with Crippen molar-refractivity contribution in [1.29, 1.82) is 0 Å². The SMILES string of the molecule is CCCC1=C2N=C(c3cc(S(=O)(=O)N4CCN(CCO)CC4)ccc3OCC)NC(=O)C2N(C)N1. The van der Waals surface area contributed by atoms with Crippen LogP contribution in [0.2, 0.25) is 0 Å². The first-order chi connectivity index (χ1) is 16.8. The summed E-state index contributed by atoms with van der Waals surface area (Å²) in [7, 11) is -1.97. The molecule has 1 fully saturated rings. The Balaban J connectivity index is 1.70. The number of carbonyl (C=O) groups is 1. The van der Waals surface area contributed by atoms with E-state index in [1.165, 1.54) is 16.4 Å². The van der Waals surface area contributed by atoms with Gasteiger partial charge in [-0.05, 0) is 31.5 Å². The molecule has 3 N–H and O–H groups in total. The van der Waals surface area contributed by atoms with Gasteiger partial charge in [0.2, 0.25) is 10.0 Å². The number of carbonyl (C=O) groups excluding carboxylic acids is 1. The van der Waals surface area contributed by atoms with Crippen molar-refractivity contribution in [3.05, 3.63) is 35.2 Å². The van der Waals surface area contributed by atoms with E-state index in [0.717, 1.165) is 18.5 Å². The Labute approximate surface area is 206 Å². The molecular formula is C23H34N6O5S. The zero-order chi connectivity index (χ0) is 25.2. The Morgan fingerprint density at radius 2 is 1.94 bits per heavy atom. The third-order valence-electron chi connectivity index (χ3n) is 6.38. The number of fused-ring (bicyclic) bond motifs is 1. The molecule has 3 aliphatic rings. The fourth-order valence-corrected chi connectivity index (χ4v) is 6.08. The van der Waals surface area contributed by atoms with Gasteiger partial charge in [-0.25, -0.2) is 18.4 Å². The predicted molar refractivity (Wildman–Crippen MR) is 131 cm³/mol. The summed E-state index contributed by atoms with van der Waals surface area (Å²) < 4.78 is 34.1. The molecule has 1 aromatic carbocycles. The summed E-state index contributed by atoms with van der Waals surface area (Å²) in [5, 5.41) is 13.7. The van der Waals surface area contributed by atoms with Crippen LogP contribution >= 0.6 is 0 Å². The third kappa shape index (κ3) is 5.07. The normalized spacial score (nSPS) is 22.0. The molecule has 35 heavy (non-hydrogen) atoms. The minimum absolute atomic E-state index is 0.0470. The number of rotatable bonds is 9. The van der Waals surface area contributed by atoms with E-state index in [-0.39, 0.29) is 23.2 Å². The summed E-state index contributed by atoms with van der Waals surface area (Å²) in [5.74, 6) is 0.496. The van der Waals surface area contributed by atoms with Crippen LogP contribution in [0.15, 0.2) is 39.5 Å². The van der Waals surface area contributed by atoms with Gasteiger partial charge in [0.05, 0.1) is 35.1 Å². The van der Waals surface area contributed by atoms with Crippen molar-refractivity contribution in [1.82, 2.24) is 25.0 Å². The maximum absolute atomic E-state index is 13.4. The van der Waals surface area contributed by atoms with Crippen LogP contribution in [0, 0.1) is 0 Å². The number of aliphatic imine (C=N–C) groups is 1. The molecule has 3 heterocycles. The number of likely N-dealkylation sites (N-methyl/N-ethyl adjacent to an activating group) is 1. The number of nitrogens with zero attached hydrogens (tertiary/aromatic N) is 4. The molecule has 0 bridgehead atoms. The Hall–Kier alpha value is -2.51. The summed E-state index contributed by atoms with van der Waals surface area (Å²) in [6, 6.07) is 4.14. The number of allylic oxidation sites excluding steroid dienone is 1. The largest absolute Gasteiger partial charge is 0.493 e. The van der Waals surface area contributed by atoms with E-state index < -0.39 is 16.1 Å². The summed E-state index contributed by atoms with van der Waals surface area (Å²) >= 11 is 0. The topological polar surface area (TPSA) is 127 Å². The Morgan fingerprint density at radius 3 is 2.60 bits per heavy atom. The summed E-state index contributed by atoms with van der Waals surface area (Å²) in [6.45, 7) is 6.66. The monoisotopic (exact) mass is 506 g/mol. The second-order valence-corrected chi connectivity index (χ2v) is 10.7. The van der Waals surface area contributed by atoms with Gasteiger partial charge < -0.3 is 20.6 Å². The zero-order valence-corrected chi connectivity index (χ0v) is 21.3. The van der Waals surface area contributed by atoms with Crippen LogP contribution in [0.25, 0.3) is 0 Å². The number of sulfonamides is 1. The molecule has 4 rings (SSSR count). The van der Waals surface area contributed by atoms with Crippen molar-refractivity contribution in [2.75, 3.05) is 53.0 Å². The first kappa shape index (κ1) is 25.6. The molecule has 0 spiro atoms. The van der Waals surface area contributed by atoms with Crippen molar-refractivity contribution in [3.8, 4) is 5.75 Å². The fourth-order valence-electron chi connectivity index (χ4n) is 4.63. The lowest BCUT2D eigenvalue weighted by molar-refractivity contribution is -0.123. The second kappa shape index (κ2) is 10.6. The van der Waals surface area contributed by atoms with Crippen LogP contribution in [0.3, 0.4) is 0 Å². The van der Waals surface area contributed by atoms with Gasteiger partial charge >= 0.3 is 0 Å². The molecule has 3 aliphatic heterocycles. The maximum atomic E-state index is 13.4. The van der Waals surface area contributed by atoms with Crippen LogP contribution in [-0.4, -0.2) is 98.5 Å². The van der Waals surface area contributed by atoms with E-state index in [1.54, 1.807) is 18.1 Å². The van der Waals surface area contributed by atoms with Gasteiger partial charge in [-0.3, -0.25) is 9.69 Å². The summed E-state index contributed by atoms with van der Waals surface area (Å²) in [5.41, 5.74) is 5.18. The van der Waals surface area contributed by atoms with Gasteiger partial charge in [-0.2, -0.15) is 4.31 Å². The smallest absolute Gasteiger partial charge is 0.251 e. The van der Waals surface area contributed by atoms with Crippen LogP contribution in [0.1, 0.15) is 32.3 Å². The minimum Gasteiger partial charge on any atom is -0.493 e. The van der Waals surface area contributed by atoms with Gasteiger partial charge in [0, 0.05) is 39.8 Å². The lowest BCUT2D eigenvalue weighted by Gasteiger charge is -2.33. The van der Waals surface area contributed by atoms with Crippen LogP contribution in [0.4, 0.5) is 0 Å². The van der Waals surface area contributed by atoms with E-state index in [0.29, 0.717) is 56.3 Å². The van der Waals surface area contributed by atoms with Crippen LogP contribution in [-0.2, 0) is 14.8 Å². The van der Waals surface area contributed by atoms with E-state index in [1.807, 2.05) is 11.8 Å².